The van der Waals surface area contributed by atoms with Gasteiger partial charge in [-0.1, -0.05) is 26.5 Å². The number of furan rings is 1. The minimum Gasteiger partial charge on any atom is -0.506 e. The average Bonchev–Trinajstić information content (AvgIpc) is 2.92. The normalized spacial score (nSPS) is 12.0. The minimum atomic E-state index is -0.522. The van der Waals surface area contributed by atoms with Crippen molar-refractivity contribution >= 4 is 27.5 Å². The summed E-state index contributed by atoms with van der Waals surface area (Å²) in [5.41, 5.74) is 1.21. The molecule has 0 aliphatic carbocycles. The summed E-state index contributed by atoms with van der Waals surface area (Å²) in [6, 6.07) is 4.60. The Morgan fingerprint density at radius 1 is 1.22 bits per heavy atom. The van der Waals surface area contributed by atoms with E-state index in [1.165, 1.54) is 6.07 Å². The van der Waals surface area contributed by atoms with Crippen molar-refractivity contribution in [2.24, 2.45) is 0 Å². The quantitative estimate of drug-likeness (QED) is 0.560. The van der Waals surface area contributed by atoms with Crippen LogP contribution in [0.25, 0.3) is 27.5 Å². The van der Waals surface area contributed by atoms with Gasteiger partial charge < -0.3 is 13.9 Å². The maximum atomic E-state index is 11.7. The highest BCUT2D eigenvalue weighted by atomic mass is 16.4. The Hall–Kier alpha value is -2.75. The van der Waals surface area contributed by atoms with Crippen LogP contribution in [-0.4, -0.2) is 5.11 Å². The van der Waals surface area contributed by atoms with Crippen LogP contribution in [0.4, 0.5) is 0 Å². The summed E-state index contributed by atoms with van der Waals surface area (Å²) in [4.78, 5) is 11.7. The first-order chi connectivity index (χ1) is 10.8. The zero-order valence-electron chi connectivity index (χ0n) is 13.4. The molecule has 0 bridgehead atoms. The monoisotopic (exact) mass is 310 g/mol. The van der Waals surface area contributed by atoms with Crippen LogP contribution < -0.4 is 5.63 Å². The van der Waals surface area contributed by atoms with Gasteiger partial charge in [-0.25, -0.2) is 4.79 Å². The van der Waals surface area contributed by atoms with Crippen molar-refractivity contribution in [2.75, 3.05) is 0 Å². The summed E-state index contributed by atoms with van der Waals surface area (Å²) in [6.45, 7) is 13.5. The molecule has 4 heteroatoms. The molecule has 0 unspecified atom stereocenters. The van der Waals surface area contributed by atoms with Crippen molar-refractivity contribution in [1.82, 2.24) is 0 Å². The molecular formula is C19H18O4. The number of allylic oxidation sites excluding steroid dienone is 2. The Kier molecular flexibility index (Phi) is 3.22. The summed E-state index contributed by atoms with van der Waals surface area (Å²) in [5.74, 6) is 0.604. The standard InChI is InChI=1S/C19H18O4/c1-6-19(4,5)15-17-11(7-8-14(20)23-17)16(21)12-9-13(10(2)3)22-18(12)15/h6-9,21H,1-2H2,3-5H3. The van der Waals surface area contributed by atoms with Gasteiger partial charge in [-0.15, -0.1) is 6.58 Å². The number of hydrogen-bond acceptors (Lipinski definition) is 4. The van der Waals surface area contributed by atoms with E-state index in [1.807, 2.05) is 20.8 Å². The zero-order chi connectivity index (χ0) is 16.9. The molecule has 0 aliphatic heterocycles. The fourth-order valence-corrected chi connectivity index (χ4v) is 2.69. The fraction of sp³-hybridized carbons (Fsp3) is 0.211. The van der Waals surface area contributed by atoms with Crippen molar-refractivity contribution in [1.29, 1.82) is 0 Å². The van der Waals surface area contributed by atoms with Crippen LogP contribution in [0.1, 0.15) is 32.1 Å². The summed E-state index contributed by atoms with van der Waals surface area (Å²) in [5, 5.41) is 11.6. The molecule has 0 saturated carbocycles. The van der Waals surface area contributed by atoms with Crippen LogP contribution in [0.2, 0.25) is 0 Å². The van der Waals surface area contributed by atoms with E-state index in [0.29, 0.717) is 33.3 Å². The second kappa shape index (κ2) is 4.88. The van der Waals surface area contributed by atoms with Gasteiger partial charge >= 0.3 is 5.63 Å². The number of phenols is 1. The van der Waals surface area contributed by atoms with Crippen LogP contribution in [0.15, 0.2) is 51.1 Å². The van der Waals surface area contributed by atoms with Crippen molar-refractivity contribution in [3.8, 4) is 5.75 Å². The Bertz CT molecular complexity index is 1020. The average molecular weight is 310 g/mol. The number of hydrogen-bond donors (Lipinski definition) is 1. The lowest BCUT2D eigenvalue weighted by Gasteiger charge is -2.22. The van der Waals surface area contributed by atoms with Crippen LogP contribution >= 0.6 is 0 Å². The predicted octanol–water partition coefficient (Wildman–Crippen LogP) is 4.74. The molecule has 0 atom stereocenters. The smallest absolute Gasteiger partial charge is 0.336 e. The second-order valence-corrected chi connectivity index (χ2v) is 6.28. The first-order valence-corrected chi connectivity index (χ1v) is 7.28. The van der Waals surface area contributed by atoms with E-state index in [-0.39, 0.29) is 5.75 Å². The Balaban J connectivity index is 2.64. The Morgan fingerprint density at radius 3 is 2.48 bits per heavy atom. The summed E-state index contributed by atoms with van der Waals surface area (Å²) in [6.07, 6.45) is 1.76. The van der Waals surface area contributed by atoms with E-state index < -0.39 is 11.0 Å². The molecule has 0 saturated heterocycles. The number of aromatic hydroxyl groups is 1. The highest BCUT2D eigenvalue weighted by Crippen LogP contribution is 2.44. The van der Waals surface area contributed by atoms with Crippen molar-refractivity contribution in [3.63, 3.8) is 0 Å². The third kappa shape index (κ3) is 2.18. The third-order valence-electron chi connectivity index (χ3n) is 4.11. The van der Waals surface area contributed by atoms with Gasteiger partial charge in [0.25, 0.3) is 0 Å². The molecule has 1 N–H and O–H groups in total. The van der Waals surface area contributed by atoms with E-state index in [2.05, 4.69) is 13.2 Å². The first kappa shape index (κ1) is 15.2. The van der Waals surface area contributed by atoms with E-state index in [1.54, 1.807) is 18.2 Å². The molecule has 0 spiro atoms. The Morgan fingerprint density at radius 2 is 1.87 bits per heavy atom. The van der Waals surface area contributed by atoms with E-state index in [4.69, 9.17) is 8.83 Å². The van der Waals surface area contributed by atoms with Crippen LogP contribution in [0, 0.1) is 0 Å². The first-order valence-electron chi connectivity index (χ1n) is 7.28. The van der Waals surface area contributed by atoms with E-state index in [9.17, 15) is 9.90 Å². The molecule has 2 aromatic heterocycles. The molecule has 0 radical (unpaired) electrons. The van der Waals surface area contributed by atoms with E-state index >= 15 is 0 Å². The predicted molar refractivity (Wildman–Crippen MR) is 91.9 cm³/mol. The molecular weight excluding hydrogens is 292 g/mol. The van der Waals surface area contributed by atoms with Crippen molar-refractivity contribution in [3.05, 3.63) is 59.2 Å². The van der Waals surface area contributed by atoms with Gasteiger partial charge in [0.05, 0.1) is 10.8 Å². The summed E-state index contributed by atoms with van der Waals surface area (Å²) >= 11 is 0. The second-order valence-electron chi connectivity index (χ2n) is 6.28. The lowest BCUT2D eigenvalue weighted by atomic mass is 9.82. The van der Waals surface area contributed by atoms with Gasteiger partial charge in [-0.3, -0.25) is 0 Å². The lowest BCUT2D eigenvalue weighted by molar-refractivity contribution is 0.482. The SMILES string of the molecule is C=CC(C)(C)c1c2oc(C(=C)C)cc2c(O)c2ccc(=O)oc12. The molecule has 4 nitrogen and oxygen atoms in total. The molecule has 1 aromatic carbocycles. The summed E-state index contributed by atoms with van der Waals surface area (Å²) in [7, 11) is 0. The number of fused-ring (bicyclic) bond motifs is 2. The highest BCUT2D eigenvalue weighted by molar-refractivity contribution is 6.05. The summed E-state index contributed by atoms with van der Waals surface area (Å²) < 4.78 is 11.3. The maximum Gasteiger partial charge on any atom is 0.336 e. The van der Waals surface area contributed by atoms with Gasteiger partial charge in [0.15, 0.2) is 0 Å². The third-order valence-corrected chi connectivity index (χ3v) is 4.11. The van der Waals surface area contributed by atoms with Crippen LogP contribution in [0.3, 0.4) is 0 Å². The van der Waals surface area contributed by atoms with E-state index in [0.717, 1.165) is 5.57 Å². The molecule has 0 fully saturated rings. The molecule has 118 valence electrons. The Labute approximate surface area is 133 Å². The number of rotatable bonds is 3. The highest BCUT2D eigenvalue weighted by Gasteiger charge is 2.29. The lowest BCUT2D eigenvalue weighted by Crippen LogP contribution is -2.15. The molecule has 0 amide bonds. The molecule has 2 heterocycles. The van der Waals surface area contributed by atoms with Gasteiger partial charge in [0.2, 0.25) is 0 Å². The minimum absolute atomic E-state index is 0.0265. The molecule has 0 aliphatic rings. The largest absolute Gasteiger partial charge is 0.506 e. The number of benzene rings is 1. The molecule has 3 rings (SSSR count). The van der Waals surface area contributed by atoms with Crippen LogP contribution in [0.5, 0.6) is 5.75 Å². The molecule has 3 aromatic rings. The van der Waals surface area contributed by atoms with Gasteiger partial charge in [0, 0.05) is 17.0 Å². The van der Waals surface area contributed by atoms with Gasteiger partial charge in [0.1, 0.15) is 22.7 Å². The fourth-order valence-electron chi connectivity index (χ4n) is 2.69. The van der Waals surface area contributed by atoms with Crippen molar-refractivity contribution in [2.45, 2.75) is 26.2 Å². The van der Waals surface area contributed by atoms with Gasteiger partial charge in [-0.2, -0.15) is 0 Å². The molecule has 23 heavy (non-hydrogen) atoms. The maximum absolute atomic E-state index is 11.7. The van der Waals surface area contributed by atoms with Gasteiger partial charge in [-0.05, 0) is 24.6 Å². The zero-order valence-corrected chi connectivity index (χ0v) is 13.4. The number of phenolic OH excluding ortho intramolecular Hbond substituents is 1. The van der Waals surface area contributed by atoms with Crippen molar-refractivity contribution < 1.29 is 13.9 Å². The topological polar surface area (TPSA) is 63.6 Å². The van der Waals surface area contributed by atoms with Crippen LogP contribution in [-0.2, 0) is 5.41 Å².